The normalized spacial score (nSPS) is 14.4. The van der Waals surface area contributed by atoms with Crippen LogP contribution in [0.4, 0.5) is 0 Å². The van der Waals surface area contributed by atoms with Crippen molar-refractivity contribution in [2.45, 2.75) is 37.5 Å². The van der Waals surface area contributed by atoms with Crippen LogP contribution < -0.4 is 0 Å². The SMILES string of the molecule is Cc1ccc(S(=O)(=O)N(CC#Cc2ccccc2)CC2=CCCCC2)cc1. The Bertz CT molecular complexity index is 949. The van der Waals surface area contributed by atoms with Gasteiger partial charge in [-0.05, 0) is 56.9 Å². The summed E-state index contributed by atoms with van der Waals surface area (Å²) in [4.78, 5) is 0.325. The van der Waals surface area contributed by atoms with Crippen LogP contribution in [0.5, 0.6) is 0 Å². The zero-order valence-electron chi connectivity index (χ0n) is 15.7. The zero-order valence-corrected chi connectivity index (χ0v) is 16.5. The molecule has 2 aromatic rings. The van der Waals surface area contributed by atoms with Crippen molar-refractivity contribution < 1.29 is 8.42 Å². The van der Waals surface area contributed by atoms with Crippen molar-refractivity contribution >= 4 is 10.0 Å². The summed E-state index contributed by atoms with van der Waals surface area (Å²) in [6, 6.07) is 16.7. The first-order valence-electron chi connectivity index (χ1n) is 9.34. The second-order valence-electron chi connectivity index (χ2n) is 6.86. The quantitative estimate of drug-likeness (QED) is 0.565. The van der Waals surface area contributed by atoms with Crippen molar-refractivity contribution in [3.63, 3.8) is 0 Å². The van der Waals surface area contributed by atoms with Gasteiger partial charge in [0.25, 0.3) is 0 Å². The monoisotopic (exact) mass is 379 g/mol. The molecule has 0 spiro atoms. The highest BCUT2D eigenvalue weighted by Crippen LogP contribution is 2.22. The minimum atomic E-state index is -3.58. The standard InChI is InChI=1S/C23H25NO2S/c1-20-14-16-23(17-15-20)27(25,26)24(19-22-11-6-3-7-12-22)18-8-13-21-9-4-2-5-10-21/h2,4-5,9-11,14-17H,3,6-7,12,18-19H2,1H3. The van der Waals surface area contributed by atoms with Crippen LogP contribution in [0, 0.1) is 18.8 Å². The number of nitrogens with zero attached hydrogens (tertiary/aromatic N) is 1. The van der Waals surface area contributed by atoms with Crippen molar-refractivity contribution in [3.8, 4) is 11.8 Å². The molecule has 3 nitrogen and oxygen atoms in total. The molecule has 0 aliphatic heterocycles. The summed E-state index contributed by atoms with van der Waals surface area (Å²) in [5.74, 6) is 6.12. The molecule has 27 heavy (non-hydrogen) atoms. The Morgan fingerprint density at radius 2 is 1.74 bits per heavy atom. The molecule has 0 aromatic heterocycles. The van der Waals surface area contributed by atoms with E-state index in [-0.39, 0.29) is 6.54 Å². The van der Waals surface area contributed by atoms with Crippen LogP contribution in [0.15, 0.2) is 71.1 Å². The second kappa shape index (κ2) is 9.03. The smallest absolute Gasteiger partial charge is 0.207 e. The Kier molecular flexibility index (Phi) is 6.49. The number of hydrogen-bond donors (Lipinski definition) is 0. The summed E-state index contributed by atoms with van der Waals surface area (Å²) in [5.41, 5.74) is 3.12. The molecule has 1 aliphatic rings. The first-order chi connectivity index (χ1) is 13.1. The number of rotatable bonds is 5. The largest absolute Gasteiger partial charge is 0.244 e. The number of benzene rings is 2. The molecule has 2 aromatic carbocycles. The summed E-state index contributed by atoms with van der Waals surface area (Å²) < 4.78 is 27.9. The maximum absolute atomic E-state index is 13.2. The third-order valence-corrected chi connectivity index (χ3v) is 6.49. The summed E-state index contributed by atoms with van der Waals surface area (Å²) in [7, 11) is -3.58. The third-order valence-electron chi connectivity index (χ3n) is 4.69. The fraction of sp³-hybridized carbons (Fsp3) is 0.304. The maximum Gasteiger partial charge on any atom is 0.244 e. The van der Waals surface area contributed by atoms with Crippen molar-refractivity contribution in [1.29, 1.82) is 0 Å². The summed E-state index contributed by atoms with van der Waals surface area (Å²) >= 11 is 0. The van der Waals surface area contributed by atoms with Crippen molar-refractivity contribution in [3.05, 3.63) is 77.4 Å². The lowest BCUT2D eigenvalue weighted by Crippen LogP contribution is -2.33. The predicted octanol–water partition coefficient (Wildman–Crippen LogP) is 4.54. The van der Waals surface area contributed by atoms with E-state index in [9.17, 15) is 8.42 Å². The fourth-order valence-corrected chi connectivity index (χ4v) is 4.46. The number of hydrogen-bond acceptors (Lipinski definition) is 2. The maximum atomic E-state index is 13.2. The average molecular weight is 380 g/mol. The fourth-order valence-electron chi connectivity index (χ4n) is 3.11. The van der Waals surface area contributed by atoms with E-state index in [1.807, 2.05) is 49.4 Å². The van der Waals surface area contributed by atoms with Crippen LogP contribution in [-0.2, 0) is 10.0 Å². The predicted molar refractivity (Wildman–Crippen MR) is 110 cm³/mol. The van der Waals surface area contributed by atoms with Gasteiger partial charge < -0.3 is 0 Å². The molecule has 0 heterocycles. The molecule has 0 unspecified atom stereocenters. The molecular formula is C23H25NO2S. The van der Waals surface area contributed by atoms with Crippen molar-refractivity contribution in [1.82, 2.24) is 4.31 Å². The molecule has 140 valence electrons. The molecule has 0 atom stereocenters. The summed E-state index contributed by atoms with van der Waals surface area (Å²) in [6.45, 7) is 2.55. The van der Waals surface area contributed by atoms with Gasteiger partial charge in [-0.25, -0.2) is 8.42 Å². The Balaban J connectivity index is 1.85. The Labute approximate surface area is 162 Å². The molecule has 0 N–H and O–H groups in total. The molecule has 0 radical (unpaired) electrons. The number of sulfonamides is 1. The molecule has 0 amide bonds. The summed E-state index contributed by atoms with van der Waals surface area (Å²) in [5, 5.41) is 0. The van der Waals surface area contributed by atoms with E-state index < -0.39 is 10.0 Å². The van der Waals surface area contributed by atoms with Gasteiger partial charge in [-0.3, -0.25) is 0 Å². The zero-order chi connectivity index (χ0) is 19.1. The van der Waals surface area contributed by atoms with E-state index in [4.69, 9.17) is 0 Å². The van der Waals surface area contributed by atoms with Crippen molar-refractivity contribution in [2.75, 3.05) is 13.1 Å². The molecule has 3 rings (SSSR count). The molecular weight excluding hydrogens is 354 g/mol. The lowest BCUT2D eigenvalue weighted by molar-refractivity contribution is 0.461. The van der Waals surface area contributed by atoms with E-state index in [0.29, 0.717) is 11.4 Å². The number of aryl methyl sites for hydroxylation is 1. The van der Waals surface area contributed by atoms with Crippen LogP contribution in [0.1, 0.15) is 36.8 Å². The van der Waals surface area contributed by atoms with Gasteiger partial charge in [-0.1, -0.05) is 59.4 Å². The highest BCUT2D eigenvalue weighted by Gasteiger charge is 2.25. The molecule has 0 saturated carbocycles. The van der Waals surface area contributed by atoms with E-state index in [1.54, 1.807) is 12.1 Å². The van der Waals surface area contributed by atoms with Gasteiger partial charge >= 0.3 is 0 Å². The van der Waals surface area contributed by atoms with E-state index in [0.717, 1.165) is 30.4 Å². The van der Waals surface area contributed by atoms with Gasteiger partial charge in [0, 0.05) is 12.1 Å². The Hall–Kier alpha value is -2.35. The second-order valence-corrected chi connectivity index (χ2v) is 8.80. The molecule has 1 aliphatic carbocycles. The minimum absolute atomic E-state index is 0.183. The van der Waals surface area contributed by atoms with Crippen molar-refractivity contribution in [2.24, 2.45) is 0 Å². The highest BCUT2D eigenvalue weighted by molar-refractivity contribution is 7.89. The molecule has 0 fully saturated rings. The molecule has 4 heteroatoms. The van der Waals surface area contributed by atoms with Gasteiger partial charge in [-0.2, -0.15) is 4.31 Å². The molecule has 0 saturated heterocycles. The Morgan fingerprint density at radius 3 is 2.41 bits per heavy atom. The topological polar surface area (TPSA) is 37.4 Å². The average Bonchev–Trinajstić information content (AvgIpc) is 2.69. The van der Waals surface area contributed by atoms with E-state index in [2.05, 4.69) is 17.9 Å². The van der Waals surface area contributed by atoms with Crippen LogP contribution in [0.25, 0.3) is 0 Å². The van der Waals surface area contributed by atoms with Crippen LogP contribution >= 0.6 is 0 Å². The van der Waals surface area contributed by atoms with E-state index in [1.165, 1.54) is 16.3 Å². The van der Waals surface area contributed by atoms with Gasteiger partial charge in [0.15, 0.2) is 0 Å². The van der Waals surface area contributed by atoms with E-state index >= 15 is 0 Å². The summed E-state index contributed by atoms with van der Waals surface area (Å²) in [6.07, 6.45) is 6.49. The van der Waals surface area contributed by atoms with Gasteiger partial charge in [-0.15, -0.1) is 0 Å². The number of allylic oxidation sites excluding steroid dienone is 1. The molecule has 0 bridgehead atoms. The Morgan fingerprint density at radius 1 is 1.00 bits per heavy atom. The lowest BCUT2D eigenvalue weighted by atomic mass is 10.00. The first-order valence-corrected chi connectivity index (χ1v) is 10.8. The lowest BCUT2D eigenvalue weighted by Gasteiger charge is -2.23. The van der Waals surface area contributed by atoms with Gasteiger partial charge in [0.05, 0.1) is 11.4 Å². The van der Waals surface area contributed by atoms with Crippen LogP contribution in [0.3, 0.4) is 0 Å². The van der Waals surface area contributed by atoms with Crippen LogP contribution in [-0.4, -0.2) is 25.8 Å². The van der Waals surface area contributed by atoms with Gasteiger partial charge in [0.1, 0.15) is 0 Å². The first kappa shape index (κ1) is 19.4. The highest BCUT2D eigenvalue weighted by atomic mass is 32.2. The van der Waals surface area contributed by atoms with Crippen LogP contribution in [0.2, 0.25) is 0 Å². The third kappa shape index (κ3) is 5.32. The van der Waals surface area contributed by atoms with Gasteiger partial charge in [0.2, 0.25) is 10.0 Å². The minimum Gasteiger partial charge on any atom is -0.207 e.